The fraction of sp³-hybridized carbons (Fsp3) is 0.500. The molecule has 5 heteroatoms. The highest BCUT2D eigenvalue weighted by molar-refractivity contribution is 6.30. The molecule has 0 bridgehead atoms. The number of nitrogens with zero attached hydrogens (tertiary/aromatic N) is 2. The average Bonchev–Trinajstić information content (AvgIpc) is 2.83. The van der Waals surface area contributed by atoms with Gasteiger partial charge in [-0.2, -0.15) is 5.26 Å². The van der Waals surface area contributed by atoms with E-state index in [0.29, 0.717) is 6.42 Å². The van der Waals surface area contributed by atoms with E-state index >= 15 is 0 Å². The second kappa shape index (κ2) is 4.71. The summed E-state index contributed by atoms with van der Waals surface area (Å²) < 4.78 is 14.0. The zero-order chi connectivity index (χ0) is 15.3. The summed E-state index contributed by atoms with van der Waals surface area (Å²) in [6, 6.07) is 6.42. The van der Waals surface area contributed by atoms with Crippen LogP contribution in [0.4, 0.5) is 10.1 Å². The summed E-state index contributed by atoms with van der Waals surface area (Å²) >= 11 is 5.73. The van der Waals surface area contributed by atoms with E-state index in [-0.39, 0.29) is 22.0 Å². The highest BCUT2D eigenvalue weighted by atomic mass is 35.5. The van der Waals surface area contributed by atoms with Crippen LogP contribution in [0.3, 0.4) is 0 Å². The third kappa shape index (κ3) is 1.95. The zero-order valence-electron chi connectivity index (χ0n) is 11.8. The highest BCUT2D eigenvalue weighted by Crippen LogP contribution is 2.72. The van der Waals surface area contributed by atoms with Crippen molar-refractivity contribution in [2.24, 2.45) is 10.8 Å². The van der Waals surface area contributed by atoms with Crippen LogP contribution in [0, 0.1) is 28.0 Å². The first-order chi connectivity index (χ1) is 9.96. The molecule has 2 aliphatic rings. The Hall–Kier alpha value is -1.60. The van der Waals surface area contributed by atoms with Crippen LogP contribution < -0.4 is 4.90 Å². The monoisotopic (exact) mass is 306 g/mol. The van der Waals surface area contributed by atoms with Crippen LogP contribution in [0.15, 0.2) is 18.2 Å². The third-order valence-electron chi connectivity index (χ3n) is 5.08. The minimum atomic E-state index is -0.968. The molecule has 0 saturated heterocycles. The second-order valence-electron chi connectivity index (χ2n) is 6.14. The highest BCUT2D eigenvalue weighted by Gasteiger charge is 2.73. The number of amides is 1. The van der Waals surface area contributed by atoms with Crippen LogP contribution in [0.2, 0.25) is 5.02 Å². The molecule has 0 aromatic heterocycles. The maximum absolute atomic E-state index is 14.0. The first-order valence-electron chi connectivity index (χ1n) is 7.10. The largest absolute Gasteiger partial charge is 0.311 e. The van der Waals surface area contributed by atoms with E-state index in [1.807, 2.05) is 0 Å². The summed E-state index contributed by atoms with van der Waals surface area (Å²) in [5.74, 6) is -0.847. The molecule has 21 heavy (non-hydrogen) atoms. The molecule has 2 saturated carbocycles. The van der Waals surface area contributed by atoms with E-state index in [2.05, 4.69) is 6.07 Å². The predicted octanol–water partition coefficient (Wildman–Crippen LogP) is 3.92. The second-order valence-corrected chi connectivity index (χ2v) is 6.58. The standard InChI is InChI=1S/C16H16ClFN2O/c1-20(13-5-4-11(17)8-12(13)18)14(21)16(10-19)9-15(16)6-2-3-7-15/h4-5,8H,2-3,6-7,9H2,1H3. The van der Waals surface area contributed by atoms with Crippen molar-refractivity contribution in [3.05, 3.63) is 29.0 Å². The number of hydrogen-bond donors (Lipinski definition) is 0. The fourth-order valence-corrected chi connectivity index (χ4v) is 3.93. The van der Waals surface area contributed by atoms with Gasteiger partial charge in [-0.1, -0.05) is 24.4 Å². The van der Waals surface area contributed by atoms with Gasteiger partial charge in [-0.15, -0.1) is 0 Å². The molecule has 2 fully saturated rings. The molecule has 1 spiro atoms. The lowest BCUT2D eigenvalue weighted by Crippen LogP contribution is -2.36. The van der Waals surface area contributed by atoms with Crippen LogP contribution in [-0.2, 0) is 4.79 Å². The van der Waals surface area contributed by atoms with Crippen LogP contribution >= 0.6 is 11.6 Å². The normalized spacial score (nSPS) is 25.6. The Labute approximate surface area is 128 Å². The van der Waals surface area contributed by atoms with Gasteiger partial charge in [-0.25, -0.2) is 4.39 Å². The smallest absolute Gasteiger partial charge is 0.247 e. The zero-order valence-corrected chi connectivity index (χ0v) is 12.6. The number of rotatable bonds is 2. The van der Waals surface area contributed by atoms with Gasteiger partial charge in [0, 0.05) is 17.5 Å². The molecule has 0 N–H and O–H groups in total. The fourth-order valence-electron chi connectivity index (χ4n) is 3.78. The van der Waals surface area contributed by atoms with Crippen molar-refractivity contribution in [3.8, 4) is 6.07 Å². The summed E-state index contributed by atoms with van der Waals surface area (Å²) in [5, 5.41) is 9.83. The Bertz CT molecular complexity index is 648. The molecular weight excluding hydrogens is 291 g/mol. The summed E-state index contributed by atoms with van der Waals surface area (Å²) in [6.07, 6.45) is 4.58. The average molecular weight is 307 g/mol. The number of carbonyl (C=O) groups excluding carboxylic acids is 1. The van der Waals surface area contributed by atoms with Crippen molar-refractivity contribution in [1.29, 1.82) is 5.26 Å². The molecule has 0 aliphatic heterocycles. The molecular formula is C16H16ClFN2O. The Kier molecular flexibility index (Phi) is 3.22. The van der Waals surface area contributed by atoms with Crippen LogP contribution in [0.1, 0.15) is 32.1 Å². The van der Waals surface area contributed by atoms with E-state index in [1.165, 1.54) is 24.1 Å². The Balaban J connectivity index is 1.90. The molecule has 2 aliphatic carbocycles. The first-order valence-corrected chi connectivity index (χ1v) is 7.48. The molecule has 0 heterocycles. The third-order valence-corrected chi connectivity index (χ3v) is 5.31. The lowest BCUT2D eigenvalue weighted by atomic mass is 9.91. The molecule has 1 amide bonds. The number of halogens is 2. The molecule has 1 atom stereocenters. The Morgan fingerprint density at radius 2 is 2.10 bits per heavy atom. The predicted molar refractivity (Wildman–Crippen MR) is 78.4 cm³/mol. The number of carbonyl (C=O) groups is 1. The van der Waals surface area contributed by atoms with E-state index in [1.54, 1.807) is 6.07 Å². The first kappa shape index (κ1) is 14.3. The van der Waals surface area contributed by atoms with Gasteiger partial charge < -0.3 is 4.90 Å². The summed E-state index contributed by atoms with van der Waals surface area (Å²) in [7, 11) is 1.52. The van der Waals surface area contributed by atoms with Crippen molar-refractivity contribution in [2.75, 3.05) is 11.9 Å². The number of benzene rings is 1. The van der Waals surface area contributed by atoms with Crippen molar-refractivity contribution in [2.45, 2.75) is 32.1 Å². The van der Waals surface area contributed by atoms with Gasteiger partial charge in [0.05, 0.1) is 11.8 Å². The topological polar surface area (TPSA) is 44.1 Å². The number of nitriles is 1. The van der Waals surface area contributed by atoms with E-state index < -0.39 is 11.2 Å². The number of anilines is 1. The van der Waals surface area contributed by atoms with Gasteiger partial charge in [-0.3, -0.25) is 4.79 Å². The maximum atomic E-state index is 14.0. The maximum Gasteiger partial charge on any atom is 0.247 e. The van der Waals surface area contributed by atoms with Gasteiger partial charge in [-0.05, 0) is 37.5 Å². The van der Waals surface area contributed by atoms with E-state index in [0.717, 1.165) is 25.7 Å². The lowest BCUT2D eigenvalue weighted by molar-refractivity contribution is -0.122. The van der Waals surface area contributed by atoms with Crippen molar-refractivity contribution in [3.63, 3.8) is 0 Å². The molecule has 1 aromatic carbocycles. The van der Waals surface area contributed by atoms with Gasteiger partial charge in [0.15, 0.2) is 0 Å². The molecule has 3 nitrogen and oxygen atoms in total. The minimum Gasteiger partial charge on any atom is -0.311 e. The van der Waals surface area contributed by atoms with Crippen molar-refractivity contribution in [1.82, 2.24) is 0 Å². The van der Waals surface area contributed by atoms with Crippen molar-refractivity contribution >= 4 is 23.2 Å². The molecule has 0 radical (unpaired) electrons. The van der Waals surface area contributed by atoms with Crippen molar-refractivity contribution < 1.29 is 9.18 Å². The molecule has 1 aromatic rings. The summed E-state index contributed by atoms with van der Waals surface area (Å²) in [5.41, 5.74) is -0.973. The SMILES string of the molecule is CN(C(=O)C1(C#N)CC12CCCC2)c1ccc(Cl)cc1F. The Morgan fingerprint density at radius 1 is 1.43 bits per heavy atom. The van der Waals surface area contributed by atoms with Crippen LogP contribution in [-0.4, -0.2) is 13.0 Å². The van der Waals surface area contributed by atoms with E-state index in [9.17, 15) is 14.4 Å². The van der Waals surface area contributed by atoms with Crippen LogP contribution in [0.5, 0.6) is 0 Å². The van der Waals surface area contributed by atoms with Gasteiger partial charge >= 0.3 is 0 Å². The van der Waals surface area contributed by atoms with Gasteiger partial charge in [0.25, 0.3) is 0 Å². The van der Waals surface area contributed by atoms with Gasteiger partial charge in [0.2, 0.25) is 5.91 Å². The summed E-state index contributed by atoms with van der Waals surface area (Å²) in [4.78, 5) is 14.0. The van der Waals surface area contributed by atoms with E-state index in [4.69, 9.17) is 11.6 Å². The molecule has 3 rings (SSSR count). The summed E-state index contributed by atoms with van der Waals surface area (Å²) in [6.45, 7) is 0. The minimum absolute atomic E-state index is 0.166. The number of hydrogen-bond acceptors (Lipinski definition) is 2. The lowest BCUT2D eigenvalue weighted by Gasteiger charge is -2.23. The quantitative estimate of drug-likeness (QED) is 0.831. The molecule has 1 unspecified atom stereocenters. The Morgan fingerprint density at radius 3 is 2.67 bits per heavy atom. The molecule has 110 valence electrons. The van der Waals surface area contributed by atoms with Gasteiger partial charge in [0.1, 0.15) is 11.2 Å². The van der Waals surface area contributed by atoms with Crippen LogP contribution in [0.25, 0.3) is 0 Å².